The van der Waals surface area contributed by atoms with Crippen molar-refractivity contribution in [3.8, 4) is 12.1 Å². The monoisotopic (exact) mass is 169 g/mol. The van der Waals surface area contributed by atoms with Crippen LogP contribution in [0.5, 0.6) is 0 Å². The molecule has 0 unspecified atom stereocenters. The highest BCUT2D eigenvalue weighted by molar-refractivity contribution is 5.83. The van der Waals surface area contributed by atoms with Gasteiger partial charge in [0.15, 0.2) is 0 Å². The summed E-state index contributed by atoms with van der Waals surface area (Å²) in [7, 11) is 0. The average molecular weight is 169 g/mol. The van der Waals surface area contributed by atoms with E-state index in [1.54, 1.807) is 0 Å². The van der Waals surface area contributed by atoms with Gasteiger partial charge in [-0.25, -0.2) is 0 Å². The van der Waals surface area contributed by atoms with Gasteiger partial charge in [-0.05, 0) is 34.9 Å². The summed E-state index contributed by atoms with van der Waals surface area (Å²) >= 11 is 0. The summed E-state index contributed by atoms with van der Waals surface area (Å²) in [6.07, 6.45) is 1.37. The molecule has 2 aromatic rings. The molecule has 0 spiro atoms. The molecular formula is C12H6F. The largest absolute Gasteiger partial charge is 0.144 e. The predicted molar refractivity (Wildman–Crippen MR) is 50.8 cm³/mol. The lowest BCUT2D eigenvalue weighted by Crippen LogP contribution is -1.76. The first kappa shape index (κ1) is 7.82. The molecule has 0 aromatic heterocycles. The van der Waals surface area contributed by atoms with Crippen molar-refractivity contribution in [3.05, 3.63) is 48.0 Å². The van der Waals surface area contributed by atoms with Crippen LogP contribution in [0.3, 0.4) is 0 Å². The minimum absolute atomic E-state index is 0.584. The molecule has 0 saturated carbocycles. The van der Waals surface area contributed by atoms with Crippen molar-refractivity contribution < 1.29 is 4.39 Å². The molecule has 1 radical (unpaired) electrons. The minimum atomic E-state index is 0.584. The van der Waals surface area contributed by atoms with Crippen molar-refractivity contribution in [2.24, 2.45) is 0 Å². The number of halogens is 1. The molecule has 0 heterocycles. The lowest BCUT2D eigenvalue weighted by atomic mass is 10.1. The van der Waals surface area contributed by atoms with Crippen LogP contribution in [-0.4, -0.2) is 0 Å². The molecule has 0 aliphatic rings. The second kappa shape index (κ2) is 3.28. The summed E-state index contributed by atoms with van der Waals surface area (Å²) in [5, 5.41) is 2.14. The first-order valence-electron chi connectivity index (χ1n) is 3.92. The minimum Gasteiger partial charge on any atom is -0.144 e. The van der Waals surface area contributed by atoms with Gasteiger partial charge in [-0.1, -0.05) is 24.3 Å². The van der Waals surface area contributed by atoms with E-state index < -0.39 is 0 Å². The average Bonchev–Trinajstić information content (AvgIpc) is 2.18. The van der Waals surface area contributed by atoms with Gasteiger partial charge in [-0.3, -0.25) is 0 Å². The summed E-state index contributed by atoms with van der Waals surface area (Å²) in [6, 6.07) is 14.4. The van der Waals surface area contributed by atoms with E-state index in [9.17, 15) is 4.39 Å². The topological polar surface area (TPSA) is 0 Å². The second-order valence-corrected chi connectivity index (χ2v) is 2.70. The lowest BCUT2D eigenvalue weighted by molar-refractivity contribution is 0.774. The van der Waals surface area contributed by atoms with E-state index in [0.29, 0.717) is 5.56 Å². The van der Waals surface area contributed by atoms with Gasteiger partial charge in [0.25, 0.3) is 0 Å². The van der Waals surface area contributed by atoms with Gasteiger partial charge in [0.05, 0.1) is 0 Å². The molecule has 1 heteroatoms. The van der Waals surface area contributed by atoms with E-state index in [-0.39, 0.29) is 0 Å². The van der Waals surface area contributed by atoms with Crippen LogP contribution in [0.1, 0.15) is 5.56 Å². The maximum Gasteiger partial charge on any atom is 0.111 e. The van der Waals surface area contributed by atoms with E-state index in [1.165, 1.54) is 6.17 Å². The van der Waals surface area contributed by atoms with Gasteiger partial charge < -0.3 is 0 Å². The Morgan fingerprint density at radius 3 is 2.69 bits per heavy atom. The van der Waals surface area contributed by atoms with Crippen LogP contribution < -0.4 is 0 Å². The molecule has 0 fully saturated rings. The van der Waals surface area contributed by atoms with Crippen LogP contribution in [0.2, 0.25) is 0 Å². The highest BCUT2D eigenvalue weighted by Crippen LogP contribution is 2.14. The highest BCUT2D eigenvalue weighted by atomic mass is 19.1. The van der Waals surface area contributed by atoms with Gasteiger partial charge >= 0.3 is 0 Å². The number of hydrogen-bond acceptors (Lipinski definition) is 0. The molecule has 0 N–H and O–H groups in total. The Morgan fingerprint density at radius 2 is 1.92 bits per heavy atom. The summed E-state index contributed by atoms with van der Waals surface area (Å²) in [5.41, 5.74) is 0.584. The van der Waals surface area contributed by atoms with Crippen molar-refractivity contribution in [2.75, 3.05) is 0 Å². The molecule has 0 aliphatic heterocycles. The third kappa shape index (κ3) is 1.52. The number of hydrogen-bond donors (Lipinski definition) is 0. The van der Waals surface area contributed by atoms with Crippen LogP contribution in [0.25, 0.3) is 10.8 Å². The van der Waals surface area contributed by atoms with Crippen molar-refractivity contribution in [1.82, 2.24) is 0 Å². The fourth-order valence-corrected chi connectivity index (χ4v) is 1.25. The van der Waals surface area contributed by atoms with Crippen LogP contribution in [0, 0.1) is 18.2 Å². The third-order valence-electron chi connectivity index (χ3n) is 1.86. The van der Waals surface area contributed by atoms with Gasteiger partial charge in [-0.2, -0.15) is 0 Å². The first-order chi connectivity index (χ1) is 6.40. The first-order valence-corrected chi connectivity index (χ1v) is 3.92. The normalized spacial score (nSPS) is 9.31. The molecule has 0 aliphatic carbocycles. The number of rotatable bonds is 0. The zero-order chi connectivity index (χ0) is 9.10. The van der Waals surface area contributed by atoms with E-state index in [0.717, 1.165) is 10.8 Å². The molecule has 0 atom stereocenters. The Hall–Kier alpha value is -1.81. The fourth-order valence-electron chi connectivity index (χ4n) is 1.25. The maximum absolute atomic E-state index is 11.7. The Balaban J connectivity index is 2.66. The number of benzene rings is 2. The summed E-state index contributed by atoms with van der Waals surface area (Å²) in [4.78, 5) is 0. The van der Waals surface area contributed by atoms with Crippen LogP contribution in [0.15, 0.2) is 36.4 Å². The smallest absolute Gasteiger partial charge is 0.111 e. The lowest BCUT2D eigenvalue weighted by Gasteiger charge is -1.95. The molecule has 13 heavy (non-hydrogen) atoms. The van der Waals surface area contributed by atoms with E-state index in [1.807, 2.05) is 36.4 Å². The molecule has 2 rings (SSSR count). The molecule has 2 aromatic carbocycles. The second-order valence-electron chi connectivity index (χ2n) is 2.70. The van der Waals surface area contributed by atoms with Gasteiger partial charge in [0, 0.05) is 5.56 Å². The predicted octanol–water partition coefficient (Wildman–Crippen LogP) is 2.92. The number of fused-ring (bicyclic) bond motifs is 1. The third-order valence-corrected chi connectivity index (χ3v) is 1.86. The zero-order valence-corrected chi connectivity index (χ0v) is 6.84. The van der Waals surface area contributed by atoms with Crippen molar-refractivity contribution in [3.63, 3.8) is 0 Å². The van der Waals surface area contributed by atoms with Crippen LogP contribution >= 0.6 is 0 Å². The van der Waals surface area contributed by atoms with Crippen LogP contribution in [-0.2, 0) is 0 Å². The van der Waals surface area contributed by atoms with Crippen molar-refractivity contribution in [2.45, 2.75) is 0 Å². The van der Waals surface area contributed by atoms with E-state index in [2.05, 4.69) is 12.0 Å². The summed E-state index contributed by atoms with van der Waals surface area (Å²) in [6.45, 7) is 0. The maximum atomic E-state index is 11.7. The molecule has 0 saturated heterocycles. The SMILES string of the molecule is FC#Cc1[c]cc2ccccc2c1. The van der Waals surface area contributed by atoms with E-state index in [4.69, 9.17) is 0 Å². The van der Waals surface area contributed by atoms with Crippen molar-refractivity contribution in [1.29, 1.82) is 0 Å². The molecule has 61 valence electrons. The Kier molecular flexibility index (Phi) is 1.97. The molecule has 0 bridgehead atoms. The highest BCUT2D eigenvalue weighted by Gasteiger charge is 1.92. The Labute approximate surface area is 76.0 Å². The van der Waals surface area contributed by atoms with Crippen LogP contribution in [0.4, 0.5) is 4.39 Å². The summed E-state index contributed by atoms with van der Waals surface area (Å²) in [5.74, 6) is 2.33. The molecule has 0 amide bonds. The quantitative estimate of drug-likeness (QED) is 0.532. The van der Waals surface area contributed by atoms with Gasteiger partial charge in [0.1, 0.15) is 6.17 Å². The zero-order valence-electron chi connectivity index (χ0n) is 6.84. The van der Waals surface area contributed by atoms with Crippen molar-refractivity contribution >= 4 is 10.8 Å². The Morgan fingerprint density at radius 1 is 1.15 bits per heavy atom. The summed E-state index contributed by atoms with van der Waals surface area (Å²) < 4.78 is 11.7. The Bertz CT molecular complexity index is 489. The van der Waals surface area contributed by atoms with E-state index >= 15 is 0 Å². The molecular weight excluding hydrogens is 163 g/mol. The molecule has 0 nitrogen and oxygen atoms in total. The van der Waals surface area contributed by atoms with Gasteiger partial charge in [0.2, 0.25) is 0 Å². The fraction of sp³-hybridized carbons (Fsp3) is 0. The van der Waals surface area contributed by atoms with Gasteiger partial charge in [-0.15, -0.1) is 4.39 Å². The standard InChI is InChI=1S/C12H6F/c13-8-7-10-5-6-11-3-1-2-4-12(11)9-10/h1-4,6,9H.